The number of hydrogen-bond donors (Lipinski definition) is 2. The SMILES string of the molecule is O=C(NCc1ccco1)NC1CCCC2(C1)OCCO2. The third-order valence-electron chi connectivity index (χ3n) is 3.82. The fourth-order valence-corrected chi connectivity index (χ4v) is 2.90. The van der Waals surface area contributed by atoms with Crippen LogP contribution in [-0.4, -0.2) is 31.1 Å². The number of urea groups is 1. The number of amides is 2. The summed E-state index contributed by atoms with van der Waals surface area (Å²) in [7, 11) is 0. The highest BCUT2D eigenvalue weighted by Crippen LogP contribution is 2.35. The summed E-state index contributed by atoms with van der Waals surface area (Å²) < 4.78 is 16.6. The smallest absolute Gasteiger partial charge is 0.315 e. The third-order valence-corrected chi connectivity index (χ3v) is 3.82. The predicted octanol–water partition coefficient (Wildman–Crippen LogP) is 1.76. The molecule has 1 saturated heterocycles. The normalized spacial score (nSPS) is 24.7. The van der Waals surface area contributed by atoms with Crippen molar-refractivity contribution in [1.29, 1.82) is 0 Å². The molecule has 110 valence electrons. The molecule has 0 radical (unpaired) electrons. The summed E-state index contributed by atoms with van der Waals surface area (Å²) >= 11 is 0. The first-order valence-corrected chi connectivity index (χ1v) is 7.10. The number of carbonyl (C=O) groups is 1. The molecule has 2 heterocycles. The highest BCUT2D eigenvalue weighted by Gasteiger charge is 2.41. The van der Waals surface area contributed by atoms with Crippen LogP contribution in [0, 0.1) is 0 Å². The van der Waals surface area contributed by atoms with Gasteiger partial charge in [0.05, 0.1) is 26.0 Å². The Morgan fingerprint density at radius 2 is 2.25 bits per heavy atom. The zero-order valence-electron chi connectivity index (χ0n) is 11.4. The second kappa shape index (κ2) is 5.85. The molecular formula is C14H20N2O4. The van der Waals surface area contributed by atoms with Crippen molar-refractivity contribution >= 4 is 6.03 Å². The number of rotatable bonds is 3. The highest BCUT2D eigenvalue weighted by atomic mass is 16.7. The van der Waals surface area contributed by atoms with Crippen molar-refractivity contribution in [3.05, 3.63) is 24.2 Å². The van der Waals surface area contributed by atoms with Gasteiger partial charge in [0.2, 0.25) is 0 Å². The molecule has 1 spiro atoms. The summed E-state index contributed by atoms with van der Waals surface area (Å²) in [6, 6.07) is 3.55. The molecule has 1 aliphatic heterocycles. The Hall–Kier alpha value is -1.53. The maximum atomic E-state index is 11.9. The van der Waals surface area contributed by atoms with Crippen LogP contribution in [-0.2, 0) is 16.0 Å². The molecule has 0 bridgehead atoms. The van der Waals surface area contributed by atoms with Crippen molar-refractivity contribution in [2.75, 3.05) is 13.2 Å². The maximum Gasteiger partial charge on any atom is 0.315 e. The summed E-state index contributed by atoms with van der Waals surface area (Å²) in [5, 5.41) is 5.77. The molecule has 1 unspecified atom stereocenters. The summed E-state index contributed by atoms with van der Waals surface area (Å²) in [6.45, 7) is 1.69. The lowest BCUT2D eigenvalue weighted by Gasteiger charge is -2.36. The predicted molar refractivity (Wildman–Crippen MR) is 71.0 cm³/mol. The third kappa shape index (κ3) is 3.13. The van der Waals surface area contributed by atoms with Crippen LogP contribution in [0.15, 0.2) is 22.8 Å². The van der Waals surface area contributed by atoms with E-state index >= 15 is 0 Å². The minimum Gasteiger partial charge on any atom is -0.467 e. The van der Waals surface area contributed by atoms with E-state index in [4.69, 9.17) is 13.9 Å². The molecule has 2 amide bonds. The topological polar surface area (TPSA) is 72.7 Å². The maximum absolute atomic E-state index is 11.9. The van der Waals surface area contributed by atoms with Gasteiger partial charge < -0.3 is 24.5 Å². The lowest BCUT2D eigenvalue weighted by Crippen LogP contribution is -2.49. The molecule has 1 aromatic rings. The summed E-state index contributed by atoms with van der Waals surface area (Å²) in [5.74, 6) is 0.278. The average Bonchev–Trinajstić information content (AvgIpc) is 3.09. The molecule has 0 aromatic carbocycles. The van der Waals surface area contributed by atoms with Crippen LogP contribution in [0.5, 0.6) is 0 Å². The Balaban J connectivity index is 1.46. The van der Waals surface area contributed by atoms with Crippen LogP contribution in [0.1, 0.15) is 31.4 Å². The van der Waals surface area contributed by atoms with Crippen LogP contribution in [0.3, 0.4) is 0 Å². The first kappa shape index (κ1) is 13.5. The van der Waals surface area contributed by atoms with E-state index < -0.39 is 5.79 Å². The van der Waals surface area contributed by atoms with E-state index in [2.05, 4.69) is 10.6 Å². The number of carbonyl (C=O) groups excluding carboxylic acids is 1. The van der Waals surface area contributed by atoms with Crippen LogP contribution < -0.4 is 10.6 Å². The van der Waals surface area contributed by atoms with Crippen molar-refractivity contribution in [3.8, 4) is 0 Å². The van der Waals surface area contributed by atoms with Gasteiger partial charge in [-0.25, -0.2) is 4.79 Å². The van der Waals surface area contributed by atoms with E-state index in [1.165, 1.54) is 0 Å². The minimum atomic E-state index is -0.461. The first-order valence-electron chi connectivity index (χ1n) is 7.10. The van der Waals surface area contributed by atoms with Gasteiger partial charge in [0.1, 0.15) is 5.76 Å². The van der Waals surface area contributed by atoms with Crippen LogP contribution in [0.4, 0.5) is 4.79 Å². The van der Waals surface area contributed by atoms with Crippen molar-refractivity contribution in [2.45, 2.75) is 44.1 Å². The molecular weight excluding hydrogens is 260 g/mol. The standard InChI is InChI=1S/C14H20N2O4/c17-13(15-10-12-4-2-6-18-12)16-11-3-1-5-14(9-11)19-7-8-20-14/h2,4,6,11H,1,3,5,7-10H2,(H2,15,16,17). The summed E-state index contributed by atoms with van der Waals surface area (Å²) in [5.41, 5.74) is 0. The Morgan fingerprint density at radius 1 is 1.40 bits per heavy atom. The van der Waals surface area contributed by atoms with Crippen molar-refractivity contribution in [1.82, 2.24) is 10.6 Å². The molecule has 1 atom stereocenters. The minimum absolute atomic E-state index is 0.0958. The molecule has 2 aliphatic rings. The number of nitrogens with one attached hydrogen (secondary N) is 2. The number of ether oxygens (including phenoxy) is 2. The van der Waals surface area contributed by atoms with E-state index in [1.807, 2.05) is 6.07 Å². The molecule has 2 fully saturated rings. The van der Waals surface area contributed by atoms with Gasteiger partial charge in [-0.3, -0.25) is 0 Å². The van der Waals surface area contributed by atoms with E-state index in [1.54, 1.807) is 12.3 Å². The lowest BCUT2D eigenvalue weighted by molar-refractivity contribution is -0.181. The van der Waals surface area contributed by atoms with Crippen LogP contribution in [0.2, 0.25) is 0 Å². The molecule has 3 rings (SSSR count). The van der Waals surface area contributed by atoms with Gasteiger partial charge in [-0.15, -0.1) is 0 Å². The summed E-state index contributed by atoms with van der Waals surface area (Å²) in [6.07, 6.45) is 5.20. The van der Waals surface area contributed by atoms with E-state index in [0.717, 1.165) is 31.4 Å². The van der Waals surface area contributed by atoms with Gasteiger partial charge in [-0.1, -0.05) is 0 Å². The molecule has 6 nitrogen and oxygen atoms in total. The second-order valence-corrected chi connectivity index (χ2v) is 5.31. The number of hydrogen-bond acceptors (Lipinski definition) is 4. The van der Waals surface area contributed by atoms with E-state index in [9.17, 15) is 4.79 Å². The summed E-state index contributed by atoms with van der Waals surface area (Å²) in [4.78, 5) is 11.9. The lowest BCUT2D eigenvalue weighted by atomic mass is 9.90. The molecule has 1 aliphatic carbocycles. The monoisotopic (exact) mass is 280 g/mol. The Kier molecular flexibility index (Phi) is 3.93. The van der Waals surface area contributed by atoms with Gasteiger partial charge in [0.25, 0.3) is 0 Å². The Morgan fingerprint density at radius 3 is 3.00 bits per heavy atom. The second-order valence-electron chi connectivity index (χ2n) is 5.31. The average molecular weight is 280 g/mol. The largest absolute Gasteiger partial charge is 0.467 e. The zero-order chi connectivity index (χ0) is 13.8. The van der Waals surface area contributed by atoms with Gasteiger partial charge in [-0.05, 0) is 25.0 Å². The van der Waals surface area contributed by atoms with Gasteiger partial charge in [0, 0.05) is 18.9 Å². The number of furan rings is 1. The van der Waals surface area contributed by atoms with E-state index in [-0.39, 0.29) is 12.1 Å². The Bertz CT molecular complexity index is 440. The molecule has 2 N–H and O–H groups in total. The fourth-order valence-electron chi connectivity index (χ4n) is 2.90. The molecule has 1 saturated carbocycles. The van der Waals surface area contributed by atoms with Crippen LogP contribution in [0.25, 0.3) is 0 Å². The van der Waals surface area contributed by atoms with E-state index in [0.29, 0.717) is 19.8 Å². The van der Waals surface area contributed by atoms with Gasteiger partial charge in [0.15, 0.2) is 5.79 Å². The molecule has 6 heteroatoms. The quantitative estimate of drug-likeness (QED) is 0.885. The highest BCUT2D eigenvalue weighted by molar-refractivity contribution is 5.74. The van der Waals surface area contributed by atoms with Gasteiger partial charge in [-0.2, -0.15) is 0 Å². The van der Waals surface area contributed by atoms with Gasteiger partial charge >= 0.3 is 6.03 Å². The Labute approximate surface area is 117 Å². The zero-order valence-corrected chi connectivity index (χ0v) is 11.4. The fraction of sp³-hybridized carbons (Fsp3) is 0.643. The molecule has 1 aromatic heterocycles. The van der Waals surface area contributed by atoms with Crippen LogP contribution >= 0.6 is 0 Å². The molecule has 20 heavy (non-hydrogen) atoms. The van der Waals surface area contributed by atoms with Crippen molar-refractivity contribution in [3.63, 3.8) is 0 Å². The van der Waals surface area contributed by atoms with Crippen molar-refractivity contribution in [2.24, 2.45) is 0 Å². The first-order chi connectivity index (χ1) is 9.76. The van der Waals surface area contributed by atoms with Crippen molar-refractivity contribution < 1.29 is 18.7 Å².